The summed E-state index contributed by atoms with van der Waals surface area (Å²) in [5.41, 5.74) is 2.58. The number of ether oxygens (including phenoxy) is 2. The maximum Gasteiger partial charge on any atom is 0.170 e. The van der Waals surface area contributed by atoms with Crippen LogP contribution in [0.3, 0.4) is 0 Å². The van der Waals surface area contributed by atoms with Crippen molar-refractivity contribution in [2.45, 2.75) is 13.2 Å². The van der Waals surface area contributed by atoms with Gasteiger partial charge in [0.1, 0.15) is 0 Å². The molecular formula is C16H18FNO2. The Balaban J connectivity index is 2.07. The molecule has 0 unspecified atom stereocenters. The van der Waals surface area contributed by atoms with Crippen molar-refractivity contribution in [2.24, 2.45) is 0 Å². The molecule has 3 nitrogen and oxygen atoms in total. The predicted molar refractivity (Wildman–Crippen MR) is 77.4 cm³/mol. The minimum atomic E-state index is -0.324. The Morgan fingerprint density at radius 1 is 1.10 bits per heavy atom. The zero-order valence-corrected chi connectivity index (χ0v) is 11.7. The van der Waals surface area contributed by atoms with Crippen LogP contribution in [-0.4, -0.2) is 14.2 Å². The number of hydrogen-bond acceptors (Lipinski definition) is 3. The Morgan fingerprint density at radius 2 is 1.90 bits per heavy atom. The lowest BCUT2D eigenvalue weighted by Crippen LogP contribution is -2.03. The largest absolute Gasteiger partial charge is 0.494 e. The first-order chi connectivity index (χ1) is 9.74. The van der Waals surface area contributed by atoms with Gasteiger partial charge in [0.15, 0.2) is 11.6 Å². The molecule has 0 atom stereocenters. The summed E-state index contributed by atoms with van der Waals surface area (Å²) >= 11 is 0. The second-order valence-corrected chi connectivity index (χ2v) is 4.42. The summed E-state index contributed by atoms with van der Waals surface area (Å²) in [6.45, 7) is 0.961. The molecule has 0 aliphatic heterocycles. The molecule has 0 heterocycles. The van der Waals surface area contributed by atoms with Crippen LogP contribution in [0, 0.1) is 5.82 Å². The van der Waals surface area contributed by atoms with Crippen molar-refractivity contribution in [1.29, 1.82) is 0 Å². The first-order valence-corrected chi connectivity index (χ1v) is 6.37. The third-order valence-electron chi connectivity index (χ3n) is 2.98. The van der Waals surface area contributed by atoms with E-state index in [1.165, 1.54) is 7.11 Å². The van der Waals surface area contributed by atoms with Gasteiger partial charge in [0.25, 0.3) is 0 Å². The van der Waals surface area contributed by atoms with Gasteiger partial charge in [-0.3, -0.25) is 0 Å². The van der Waals surface area contributed by atoms with Gasteiger partial charge >= 0.3 is 0 Å². The zero-order valence-electron chi connectivity index (χ0n) is 11.7. The first kappa shape index (κ1) is 14.3. The molecule has 0 saturated heterocycles. The van der Waals surface area contributed by atoms with E-state index in [1.54, 1.807) is 25.3 Å². The van der Waals surface area contributed by atoms with Crippen LogP contribution >= 0.6 is 0 Å². The topological polar surface area (TPSA) is 30.5 Å². The second-order valence-electron chi connectivity index (χ2n) is 4.42. The molecule has 2 aromatic rings. The summed E-state index contributed by atoms with van der Waals surface area (Å²) < 4.78 is 24.1. The Labute approximate surface area is 118 Å². The third kappa shape index (κ3) is 3.48. The average molecular weight is 275 g/mol. The van der Waals surface area contributed by atoms with E-state index in [0.717, 1.165) is 11.3 Å². The first-order valence-electron chi connectivity index (χ1n) is 6.37. The van der Waals surface area contributed by atoms with Crippen molar-refractivity contribution in [3.8, 4) is 5.75 Å². The second kappa shape index (κ2) is 6.91. The lowest BCUT2D eigenvalue weighted by atomic mass is 10.1. The van der Waals surface area contributed by atoms with E-state index >= 15 is 0 Å². The van der Waals surface area contributed by atoms with Crippen LogP contribution in [0.4, 0.5) is 10.1 Å². The monoisotopic (exact) mass is 275 g/mol. The van der Waals surface area contributed by atoms with Gasteiger partial charge in [0.2, 0.25) is 0 Å². The molecule has 2 aromatic carbocycles. The van der Waals surface area contributed by atoms with E-state index < -0.39 is 0 Å². The van der Waals surface area contributed by atoms with Crippen molar-refractivity contribution < 1.29 is 13.9 Å². The van der Waals surface area contributed by atoms with Crippen molar-refractivity contribution >= 4 is 5.69 Å². The molecule has 2 rings (SSSR count). The van der Waals surface area contributed by atoms with Crippen LogP contribution in [-0.2, 0) is 17.9 Å². The van der Waals surface area contributed by atoms with Crippen LogP contribution in [0.1, 0.15) is 11.1 Å². The summed E-state index contributed by atoms with van der Waals surface area (Å²) in [5, 5.41) is 3.20. The number of benzene rings is 2. The average Bonchev–Trinajstić information content (AvgIpc) is 2.47. The van der Waals surface area contributed by atoms with E-state index in [0.29, 0.717) is 18.7 Å². The Kier molecular flexibility index (Phi) is 4.96. The summed E-state index contributed by atoms with van der Waals surface area (Å²) in [6.07, 6.45) is 0. The van der Waals surface area contributed by atoms with E-state index in [2.05, 4.69) is 5.32 Å². The standard InChI is InChI=1S/C16H18FNO2/c1-19-11-12-5-3-7-14(9-12)18-10-13-6-4-8-15(20-2)16(13)17/h3-9,18H,10-11H2,1-2H3. The number of halogens is 1. The summed E-state index contributed by atoms with van der Waals surface area (Å²) in [4.78, 5) is 0. The molecule has 0 aliphatic rings. The molecule has 0 aliphatic carbocycles. The van der Waals surface area contributed by atoms with Gasteiger partial charge in [-0.2, -0.15) is 0 Å². The normalized spacial score (nSPS) is 10.3. The predicted octanol–water partition coefficient (Wildman–Crippen LogP) is 3.59. The van der Waals surface area contributed by atoms with E-state index in [4.69, 9.17) is 9.47 Å². The van der Waals surface area contributed by atoms with E-state index in [1.807, 2.05) is 24.3 Å². The lowest BCUT2D eigenvalue weighted by Gasteiger charge is -2.10. The number of rotatable bonds is 6. The highest BCUT2D eigenvalue weighted by atomic mass is 19.1. The van der Waals surface area contributed by atoms with Gasteiger partial charge in [-0.1, -0.05) is 24.3 Å². The molecule has 0 saturated carbocycles. The van der Waals surface area contributed by atoms with Crippen LogP contribution < -0.4 is 10.1 Å². The Hall–Kier alpha value is -2.07. The maximum atomic E-state index is 14.0. The van der Waals surface area contributed by atoms with Gasteiger partial charge in [-0.25, -0.2) is 4.39 Å². The minimum Gasteiger partial charge on any atom is -0.494 e. The molecule has 0 fully saturated rings. The van der Waals surface area contributed by atoms with Gasteiger partial charge in [-0.15, -0.1) is 0 Å². The smallest absolute Gasteiger partial charge is 0.170 e. The number of nitrogens with one attached hydrogen (secondary N) is 1. The maximum absolute atomic E-state index is 14.0. The van der Waals surface area contributed by atoms with Crippen LogP contribution in [0.5, 0.6) is 5.75 Å². The molecular weight excluding hydrogens is 257 g/mol. The summed E-state index contributed by atoms with van der Waals surface area (Å²) in [6, 6.07) is 13.0. The fourth-order valence-electron chi connectivity index (χ4n) is 1.99. The Bertz CT molecular complexity index is 572. The van der Waals surface area contributed by atoms with Gasteiger partial charge in [0, 0.05) is 24.9 Å². The van der Waals surface area contributed by atoms with E-state index in [-0.39, 0.29) is 11.6 Å². The summed E-state index contributed by atoms with van der Waals surface area (Å²) in [5.74, 6) is -0.0621. The molecule has 0 bridgehead atoms. The minimum absolute atomic E-state index is 0.262. The number of hydrogen-bond donors (Lipinski definition) is 1. The number of anilines is 1. The highest BCUT2D eigenvalue weighted by molar-refractivity contribution is 5.46. The van der Waals surface area contributed by atoms with Crippen molar-refractivity contribution in [3.63, 3.8) is 0 Å². The van der Waals surface area contributed by atoms with Crippen LogP contribution in [0.25, 0.3) is 0 Å². The van der Waals surface area contributed by atoms with Crippen LogP contribution in [0.2, 0.25) is 0 Å². The molecule has 4 heteroatoms. The molecule has 0 amide bonds. The highest BCUT2D eigenvalue weighted by Crippen LogP contribution is 2.21. The molecule has 0 aromatic heterocycles. The fraction of sp³-hybridized carbons (Fsp3) is 0.250. The Morgan fingerprint density at radius 3 is 2.65 bits per heavy atom. The lowest BCUT2D eigenvalue weighted by molar-refractivity contribution is 0.185. The van der Waals surface area contributed by atoms with Crippen molar-refractivity contribution in [1.82, 2.24) is 0 Å². The quantitative estimate of drug-likeness (QED) is 0.874. The third-order valence-corrected chi connectivity index (χ3v) is 2.98. The zero-order chi connectivity index (χ0) is 14.4. The van der Waals surface area contributed by atoms with E-state index in [9.17, 15) is 4.39 Å². The molecule has 106 valence electrons. The SMILES string of the molecule is COCc1cccc(NCc2cccc(OC)c2F)c1. The van der Waals surface area contributed by atoms with Crippen molar-refractivity contribution in [3.05, 3.63) is 59.4 Å². The van der Waals surface area contributed by atoms with Crippen LogP contribution in [0.15, 0.2) is 42.5 Å². The highest BCUT2D eigenvalue weighted by Gasteiger charge is 2.07. The van der Waals surface area contributed by atoms with Gasteiger partial charge in [-0.05, 0) is 23.8 Å². The summed E-state index contributed by atoms with van der Waals surface area (Å²) in [7, 11) is 3.12. The molecule has 1 N–H and O–H groups in total. The van der Waals surface area contributed by atoms with Gasteiger partial charge in [0.05, 0.1) is 13.7 Å². The van der Waals surface area contributed by atoms with Crippen molar-refractivity contribution in [2.75, 3.05) is 19.5 Å². The fourth-order valence-corrected chi connectivity index (χ4v) is 1.99. The van der Waals surface area contributed by atoms with Gasteiger partial charge < -0.3 is 14.8 Å². The molecule has 0 spiro atoms. The number of methoxy groups -OCH3 is 2. The molecule has 20 heavy (non-hydrogen) atoms. The molecule has 0 radical (unpaired) electrons.